The highest BCUT2D eigenvalue weighted by molar-refractivity contribution is 5.80. The first kappa shape index (κ1) is 86.5. The predicted octanol–water partition coefficient (Wildman–Crippen LogP) is 4.10. The van der Waals surface area contributed by atoms with Crippen LogP contribution in [-0.4, -0.2) is 257 Å². The smallest absolute Gasteiger partial charge is 0.249 e. The van der Waals surface area contributed by atoms with Gasteiger partial charge in [-0.1, -0.05) is 232 Å². The van der Waals surface area contributed by atoms with Crippen molar-refractivity contribution in [2.75, 3.05) is 26.4 Å². The minimum atomic E-state index is -2.10. The van der Waals surface area contributed by atoms with Crippen LogP contribution in [0.1, 0.15) is 259 Å². The number of unbranched alkanes of at least 4 members (excludes halogenated alkanes) is 32. The summed E-state index contributed by atoms with van der Waals surface area (Å²) in [5, 5.41) is 159. The number of nitrogens with one attached hydrogen (secondary N) is 2. The van der Waals surface area contributed by atoms with E-state index >= 15 is 0 Å². The van der Waals surface area contributed by atoms with Crippen molar-refractivity contribution in [3.8, 4) is 0 Å². The fourth-order valence-electron chi connectivity index (χ4n) is 13.3. The van der Waals surface area contributed by atoms with Crippen LogP contribution >= 0.6 is 0 Å². The van der Waals surface area contributed by atoms with Gasteiger partial charge < -0.3 is 120 Å². The number of amides is 2. The van der Waals surface area contributed by atoms with Crippen LogP contribution < -0.4 is 10.6 Å². The molecule has 26 heteroatoms. The second-order valence-corrected chi connectivity index (χ2v) is 27.8. The van der Waals surface area contributed by atoms with E-state index in [9.17, 15) is 81.1 Å². The molecule has 2 amide bonds. The third-order valence-electron chi connectivity index (χ3n) is 19.6. The topological polar surface area (TPSA) is 415 Å². The van der Waals surface area contributed by atoms with Crippen LogP contribution in [0.25, 0.3) is 0 Å². The first-order chi connectivity index (χ1) is 46.2. The van der Waals surface area contributed by atoms with Crippen molar-refractivity contribution in [3.63, 3.8) is 0 Å². The van der Waals surface area contributed by atoms with E-state index in [0.29, 0.717) is 12.8 Å². The largest absolute Gasteiger partial charge is 0.394 e. The third kappa shape index (κ3) is 30.6. The molecule has 4 saturated heterocycles. The monoisotopic (exact) mass is 1380 g/mol. The number of hydrogen-bond donors (Lipinski definition) is 16. The molecule has 0 aromatic heterocycles. The molecule has 0 aromatic rings. The number of carbonyl (C=O) groups is 2. The average molecular weight is 1390 g/mol. The van der Waals surface area contributed by atoms with Gasteiger partial charge in [0.15, 0.2) is 25.2 Å². The van der Waals surface area contributed by atoms with E-state index in [2.05, 4.69) is 24.5 Å². The molecule has 0 bridgehead atoms. The van der Waals surface area contributed by atoms with E-state index in [1.807, 2.05) is 0 Å². The maximum Gasteiger partial charge on any atom is 0.249 e. The zero-order chi connectivity index (χ0) is 70.4. The molecule has 24 atom stereocenters. The molecule has 0 spiro atoms. The van der Waals surface area contributed by atoms with Crippen LogP contribution in [0.5, 0.6) is 0 Å². The lowest BCUT2D eigenvalue weighted by atomic mass is 9.95. The average Bonchev–Trinajstić information content (AvgIpc) is 0.790. The fourth-order valence-corrected chi connectivity index (χ4v) is 13.3. The minimum Gasteiger partial charge on any atom is -0.394 e. The standard InChI is InChI=1S/C70H132N2O24/c1-5-7-9-11-13-15-17-19-20-21-22-23-24-25-26-28-30-32-34-36-38-40-49(77)66(88)72-47(55(79)48(76)39-37-35-33-31-29-27-18-16-14-12-10-8-6-2)43-89-70-65(61(85)56(80)50(41-73)93-70)96-69-63(87)60(84)57(81)52(94-69)44-90-67-53(71-46(4)75)64(58(82)51(42-74)92-67)95-68-62(86)59(83)54(78)45(3)91-68/h45,47-65,67-70,73-74,76-87H,5-44H2,1-4H3,(H,71,75)(H,72,88). The number of aliphatic hydroxyl groups is 14. The number of ether oxygens (including phenoxy) is 8. The summed E-state index contributed by atoms with van der Waals surface area (Å²) in [6.45, 7) is 3.80. The van der Waals surface area contributed by atoms with E-state index in [1.54, 1.807) is 0 Å². The van der Waals surface area contributed by atoms with E-state index in [-0.39, 0.29) is 12.8 Å². The van der Waals surface area contributed by atoms with Crippen molar-refractivity contribution in [1.82, 2.24) is 10.6 Å². The van der Waals surface area contributed by atoms with Crippen molar-refractivity contribution >= 4 is 11.8 Å². The van der Waals surface area contributed by atoms with Crippen LogP contribution in [0.4, 0.5) is 0 Å². The number of rotatable bonds is 53. The van der Waals surface area contributed by atoms with Gasteiger partial charge in [0.05, 0.1) is 44.7 Å². The van der Waals surface area contributed by atoms with Gasteiger partial charge in [-0.2, -0.15) is 0 Å². The number of aliphatic hydroxyl groups excluding tert-OH is 14. The first-order valence-electron chi connectivity index (χ1n) is 37.3. The predicted molar refractivity (Wildman–Crippen MR) is 355 cm³/mol. The van der Waals surface area contributed by atoms with Crippen LogP contribution in [-0.2, 0) is 47.5 Å². The normalized spacial score (nSPS) is 32.4. The van der Waals surface area contributed by atoms with Crippen molar-refractivity contribution in [2.45, 2.75) is 406 Å². The Labute approximate surface area is 571 Å². The molecule has 4 heterocycles. The van der Waals surface area contributed by atoms with E-state index in [4.69, 9.17) is 37.9 Å². The number of hydrogen-bond acceptors (Lipinski definition) is 24. The third-order valence-corrected chi connectivity index (χ3v) is 19.6. The minimum absolute atomic E-state index is 0.125. The SMILES string of the molecule is CCCCCCCCCCCCCCCCCCCCCCCC(O)C(=O)NC(COC1OC(CO)C(O)C(O)C1OC1OC(COC2OC(CO)C(O)C(OC3OC(C)C(O)C(O)C3O)C2NC(C)=O)C(O)C(O)C1O)C(O)C(O)CCCCCCCCCCCCCCC. The molecule has 4 aliphatic heterocycles. The fraction of sp³-hybridized carbons (Fsp3) is 0.971. The van der Waals surface area contributed by atoms with Gasteiger partial charge in [-0.15, -0.1) is 0 Å². The zero-order valence-corrected chi connectivity index (χ0v) is 58.5. The Kier molecular flexibility index (Phi) is 44.7. The van der Waals surface area contributed by atoms with E-state index < -0.39 is 185 Å². The molecule has 0 aliphatic carbocycles. The first-order valence-corrected chi connectivity index (χ1v) is 37.3. The molecule has 0 saturated carbocycles. The molecule has 0 aromatic carbocycles. The molecule has 0 radical (unpaired) electrons. The molecule has 16 N–H and O–H groups in total. The van der Waals surface area contributed by atoms with Gasteiger partial charge in [0.25, 0.3) is 0 Å². The summed E-state index contributed by atoms with van der Waals surface area (Å²) in [5.74, 6) is -1.55. The van der Waals surface area contributed by atoms with Crippen LogP contribution in [0.3, 0.4) is 0 Å². The second kappa shape index (κ2) is 49.6. The lowest BCUT2D eigenvalue weighted by Crippen LogP contribution is -2.68. The highest BCUT2D eigenvalue weighted by atomic mass is 16.8. The Balaban J connectivity index is 1.37. The quantitative estimate of drug-likeness (QED) is 0.0381. The summed E-state index contributed by atoms with van der Waals surface area (Å²) in [6.07, 6.45) is 2.28. The van der Waals surface area contributed by atoms with Crippen LogP contribution in [0.15, 0.2) is 0 Å². The highest BCUT2D eigenvalue weighted by Crippen LogP contribution is 2.34. The van der Waals surface area contributed by atoms with Gasteiger partial charge in [-0.25, -0.2) is 0 Å². The Morgan fingerprint density at radius 1 is 0.417 bits per heavy atom. The van der Waals surface area contributed by atoms with Gasteiger partial charge in [0, 0.05) is 6.92 Å². The van der Waals surface area contributed by atoms with Crippen molar-refractivity contribution < 1.29 is 119 Å². The Bertz CT molecular complexity index is 1980. The summed E-state index contributed by atoms with van der Waals surface area (Å²) < 4.78 is 47.2. The summed E-state index contributed by atoms with van der Waals surface area (Å²) in [7, 11) is 0. The summed E-state index contributed by atoms with van der Waals surface area (Å²) in [6, 6.07) is -2.93. The van der Waals surface area contributed by atoms with Gasteiger partial charge >= 0.3 is 0 Å². The molecule has 24 unspecified atom stereocenters. The van der Waals surface area contributed by atoms with Gasteiger partial charge in [-0.3, -0.25) is 9.59 Å². The van der Waals surface area contributed by atoms with Crippen molar-refractivity contribution in [2.24, 2.45) is 0 Å². The lowest BCUT2D eigenvalue weighted by Gasteiger charge is -2.48. The molecule has 26 nitrogen and oxygen atoms in total. The zero-order valence-electron chi connectivity index (χ0n) is 58.5. The lowest BCUT2D eigenvalue weighted by molar-refractivity contribution is -0.373. The summed E-state index contributed by atoms with van der Waals surface area (Å²) in [4.78, 5) is 26.4. The molecule has 566 valence electrons. The second-order valence-electron chi connectivity index (χ2n) is 27.8. The maximum atomic E-state index is 13.8. The molecule has 4 rings (SSSR count). The van der Waals surface area contributed by atoms with Gasteiger partial charge in [0.1, 0.15) is 104 Å². The Hall–Kier alpha value is -1.94. The van der Waals surface area contributed by atoms with Crippen molar-refractivity contribution in [3.05, 3.63) is 0 Å². The molecular weight excluding hydrogens is 1250 g/mol. The summed E-state index contributed by atoms with van der Waals surface area (Å²) in [5.41, 5.74) is 0. The van der Waals surface area contributed by atoms with E-state index in [0.717, 1.165) is 64.7 Å². The summed E-state index contributed by atoms with van der Waals surface area (Å²) >= 11 is 0. The van der Waals surface area contributed by atoms with Gasteiger partial charge in [-0.05, 0) is 19.8 Å². The van der Waals surface area contributed by atoms with Crippen LogP contribution in [0, 0.1) is 0 Å². The molecule has 96 heavy (non-hydrogen) atoms. The Morgan fingerprint density at radius 3 is 1.26 bits per heavy atom. The Morgan fingerprint density at radius 2 is 0.802 bits per heavy atom. The highest BCUT2D eigenvalue weighted by Gasteiger charge is 2.54. The van der Waals surface area contributed by atoms with Crippen LogP contribution in [0.2, 0.25) is 0 Å². The molecule has 4 fully saturated rings. The number of carbonyl (C=O) groups excluding carboxylic acids is 2. The maximum absolute atomic E-state index is 13.8. The molecule has 4 aliphatic rings. The van der Waals surface area contributed by atoms with E-state index in [1.165, 1.54) is 155 Å². The molecular formula is C70H132N2O24. The van der Waals surface area contributed by atoms with Gasteiger partial charge in [0.2, 0.25) is 11.8 Å². The van der Waals surface area contributed by atoms with Crippen molar-refractivity contribution in [1.29, 1.82) is 0 Å².